The van der Waals surface area contributed by atoms with Crippen molar-refractivity contribution in [2.24, 2.45) is 0 Å². The molecule has 1 heterocycles. The maximum atomic E-state index is 12.8. The normalized spacial score (nSPS) is 10.0. The van der Waals surface area contributed by atoms with Crippen LogP contribution in [0.1, 0.15) is 10.4 Å². The van der Waals surface area contributed by atoms with Crippen molar-refractivity contribution < 1.29 is 9.18 Å². The average Bonchev–Trinajstić information content (AvgIpc) is 2.32. The quantitative estimate of drug-likeness (QED) is 0.864. The van der Waals surface area contributed by atoms with Crippen LogP contribution in [0.25, 0.3) is 0 Å². The SMILES string of the molecule is O=C(Nc1ccccc1Br)c1ccnc(F)c1. The summed E-state index contributed by atoms with van der Waals surface area (Å²) in [6.45, 7) is 0. The number of nitrogens with one attached hydrogen (secondary N) is 1. The first-order chi connectivity index (χ1) is 8.16. The van der Waals surface area contributed by atoms with Gasteiger partial charge < -0.3 is 5.32 Å². The second-order valence-electron chi connectivity index (χ2n) is 3.30. The van der Waals surface area contributed by atoms with Gasteiger partial charge in [0, 0.05) is 22.3 Å². The van der Waals surface area contributed by atoms with Crippen LogP contribution in [0.4, 0.5) is 10.1 Å². The lowest BCUT2D eigenvalue weighted by Gasteiger charge is -2.06. The van der Waals surface area contributed by atoms with Gasteiger partial charge >= 0.3 is 0 Å². The Labute approximate surface area is 106 Å². The molecule has 0 unspecified atom stereocenters. The van der Waals surface area contributed by atoms with Gasteiger partial charge in [-0.2, -0.15) is 4.39 Å². The topological polar surface area (TPSA) is 42.0 Å². The predicted octanol–water partition coefficient (Wildman–Crippen LogP) is 3.24. The summed E-state index contributed by atoms with van der Waals surface area (Å²) in [5.41, 5.74) is 0.864. The van der Waals surface area contributed by atoms with Crippen molar-refractivity contribution in [1.29, 1.82) is 0 Å². The van der Waals surface area contributed by atoms with Gasteiger partial charge in [-0.1, -0.05) is 12.1 Å². The highest BCUT2D eigenvalue weighted by Gasteiger charge is 2.08. The summed E-state index contributed by atoms with van der Waals surface area (Å²) < 4.78 is 13.6. The molecule has 86 valence electrons. The van der Waals surface area contributed by atoms with E-state index in [0.29, 0.717) is 5.69 Å². The number of carbonyl (C=O) groups is 1. The number of para-hydroxylation sites is 1. The van der Waals surface area contributed by atoms with E-state index in [1.165, 1.54) is 12.3 Å². The summed E-state index contributed by atoms with van der Waals surface area (Å²) >= 11 is 3.31. The number of hydrogen-bond donors (Lipinski definition) is 1. The minimum Gasteiger partial charge on any atom is -0.321 e. The zero-order valence-electron chi connectivity index (χ0n) is 8.65. The second kappa shape index (κ2) is 5.05. The van der Waals surface area contributed by atoms with Gasteiger partial charge in [-0.05, 0) is 34.1 Å². The zero-order valence-corrected chi connectivity index (χ0v) is 10.2. The molecule has 0 fully saturated rings. The van der Waals surface area contributed by atoms with Crippen LogP contribution in [0.5, 0.6) is 0 Å². The fraction of sp³-hybridized carbons (Fsp3) is 0. The highest BCUT2D eigenvalue weighted by atomic mass is 79.9. The minimum atomic E-state index is -0.676. The highest BCUT2D eigenvalue weighted by molar-refractivity contribution is 9.10. The van der Waals surface area contributed by atoms with Crippen molar-refractivity contribution in [2.45, 2.75) is 0 Å². The minimum absolute atomic E-state index is 0.230. The van der Waals surface area contributed by atoms with Crippen molar-refractivity contribution in [1.82, 2.24) is 4.98 Å². The molecule has 1 amide bonds. The number of rotatable bonds is 2. The van der Waals surface area contributed by atoms with Gasteiger partial charge in [-0.25, -0.2) is 4.98 Å². The number of aromatic nitrogens is 1. The Bertz CT molecular complexity index is 560. The molecule has 0 saturated heterocycles. The Hall–Kier alpha value is -1.75. The molecule has 1 N–H and O–H groups in total. The van der Waals surface area contributed by atoms with Crippen molar-refractivity contribution in [3.8, 4) is 0 Å². The largest absolute Gasteiger partial charge is 0.321 e. The van der Waals surface area contributed by atoms with Crippen molar-refractivity contribution >= 4 is 27.5 Å². The van der Waals surface area contributed by atoms with Gasteiger partial charge in [0.05, 0.1) is 5.69 Å². The molecule has 0 radical (unpaired) electrons. The maximum absolute atomic E-state index is 12.8. The van der Waals surface area contributed by atoms with E-state index in [-0.39, 0.29) is 11.5 Å². The summed E-state index contributed by atoms with van der Waals surface area (Å²) in [7, 11) is 0. The lowest BCUT2D eigenvalue weighted by molar-refractivity contribution is 0.102. The number of pyridine rings is 1. The number of anilines is 1. The van der Waals surface area contributed by atoms with E-state index >= 15 is 0 Å². The fourth-order valence-electron chi connectivity index (χ4n) is 1.30. The van der Waals surface area contributed by atoms with Gasteiger partial charge in [0.2, 0.25) is 5.95 Å². The first-order valence-corrected chi connectivity index (χ1v) is 5.63. The standard InChI is InChI=1S/C12H8BrFN2O/c13-9-3-1-2-4-10(9)16-12(17)8-5-6-15-11(14)7-8/h1-7H,(H,16,17). The summed E-state index contributed by atoms with van der Waals surface area (Å²) in [4.78, 5) is 15.2. The van der Waals surface area contributed by atoms with Crippen LogP contribution in [0, 0.1) is 5.95 Å². The average molecular weight is 295 g/mol. The third-order valence-corrected chi connectivity index (χ3v) is 2.80. The smallest absolute Gasteiger partial charge is 0.255 e. The van der Waals surface area contributed by atoms with Gasteiger partial charge in [-0.15, -0.1) is 0 Å². The molecule has 1 aromatic heterocycles. The fourth-order valence-corrected chi connectivity index (χ4v) is 1.68. The van der Waals surface area contributed by atoms with E-state index in [1.54, 1.807) is 12.1 Å². The molecule has 0 aliphatic carbocycles. The molecule has 0 bridgehead atoms. The van der Waals surface area contributed by atoms with Gasteiger partial charge in [0.25, 0.3) is 5.91 Å². The molecular weight excluding hydrogens is 287 g/mol. The molecule has 5 heteroatoms. The molecule has 0 atom stereocenters. The van der Waals surface area contributed by atoms with Crippen LogP contribution in [-0.4, -0.2) is 10.9 Å². The van der Waals surface area contributed by atoms with Crippen LogP contribution in [0.15, 0.2) is 47.1 Å². The Morgan fingerprint density at radius 3 is 2.76 bits per heavy atom. The number of benzene rings is 1. The Morgan fingerprint density at radius 1 is 1.29 bits per heavy atom. The molecule has 17 heavy (non-hydrogen) atoms. The van der Waals surface area contributed by atoms with Crippen LogP contribution < -0.4 is 5.32 Å². The molecule has 0 spiro atoms. The first kappa shape index (κ1) is 11.7. The molecule has 1 aromatic carbocycles. The number of carbonyl (C=O) groups excluding carboxylic acids is 1. The van der Waals surface area contributed by atoms with E-state index in [1.807, 2.05) is 12.1 Å². The Balaban J connectivity index is 2.20. The van der Waals surface area contributed by atoms with Crippen molar-refractivity contribution in [2.75, 3.05) is 5.32 Å². The number of amides is 1. The molecule has 0 aliphatic heterocycles. The van der Waals surface area contributed by atoms with E-state index in [2.05, 4.69) is 26.2 Å². The van der Waals surface area contributed by atoms with E-state index in [0.717, 1.165) is 10.5 Å². The van der Waals surface area contributed by atoms with E-state index in [9.17, 15) is 9.18 Å². The summed E-state index contributed by atoms with van der Waals surface area (Å²) in [5, 5.41) is 2.67. The maximum Gasteiger partial charge on any atom is 0.255 e. The van der Waals surface area contributed by atoms with E-state index in [4.69, 9.17) is 0 Å². The first-order valence-electron chi connectivity index (χ1n) is 4.84. The third-order valence-electron chi connectivity index (χ3n) is 2.11. The summed E-state index contributed by atoms with van der Waals surface area (Å²) in [5.74, 6) is -1.05. The zero-order chi connectivity index (χ0) is 12.3. The second-order valence-corrected chi connectivity index (χ2v) is 4.16. The lowest BCUT2D eigenvalue weighted by Crippen LogP contribution is -2.12. The van der Waals surface area contributed by atoms with Gasteiger partial charge in [-0.3, -0.25) is 4.79 Å². The molecule has 0 saturated carbocycles. The molecular formula is C12H8BrFN2O. The van der Waals surface area contributed by atoms with Crippen LogP contribution in [0.3, 0.4) is 0 Å². The highest BCUT2D eigenvalue weighted by Crippen LogP contribution is 2.21. The number of hydrogen-bond acceptors (Lipinski definition) is 2. The Morgan fingerprint density at radius 2 is 2.06 bits per heavy atom. The predicted molar refractivity (Wildman–Crippen MR) is 66.3 cm³/mol. The summed E-state index contributed by atoms with van der Waals surface area (Å²) in [6.07, 6.45) is 1.25. The van der Waals surface area contributed by atoms with Crippen LogP contribution in [-0.2, 0) is 0 Å². The summed E-state index contributed by atoms with van der Waals surface area (Å²) in [6, 6.07) is 9.74. The van der Waals surface area contributed by atoms with E-state index < -0.39 is 5.95 Å². The van der Waals surface area contributed by atoms with Crippen molar-refractivity contribution in [3.05, 3.63) is 58.6 Å². The molecule has 2 rings (SSSR count). The van der Waals surface area contributed by atoms with Crippen LogP contribution in [0.2, 0.25) is 0 Å². The molecule has 2 aromatic rings. The molecule has 0 aliphatic rings. The number of halogens is 2. The number of nitrogens with zero attached hydrogens (tertiary/aromatic N) is 1. The van der Waals surface area contributed by atoms with Crippen molar-refractivity contribution in [3.63, 3.8) is 0 Å². The van der Waals surface area contributed by atoms with Gasteiger partial charge in [0.1, 0.15) is 0 Å². The van der Waals surface area contributed by atoms with Crippen LogP contribution >= 0.6 is 15.9 Å². The Kier molecular flexibility index (Phi) is 3.49. The monoisotopic (exact) mass is 294 g/mol. The molecule has 3 nitrogen and oxygen atoms in total. The lowest BCUT2D eigenvalue weighted by atomic mass is 10.2. The van der Waals surface area contributed by atoms with Gasteiger partial charge in [0.15, 0.2) is 0 Å². The third kappa shape index (κ3) is 2.88.